The lowest BCUT2D eigenvalue weighted by Gasteiger charge is -2.23. The number of thiophene rings is 1. The quantitative estimate of drug-likeness (QED) is 0.827. The van der Waals surface area contributed by atoms with Gasteiger partial charge in [-0.25, -0.2) is 0 Å². The highest BCUT2D eigenvalue weighted by Crippen LogP contribution is 2.07. The van der Waals surface area contributed by atoms with Gasteiger partial charge in [-0.1, -0.05) is 13.0 Å². The number of nitrogens with one attached hydrogen (secondary N) is 1. The molecule has 0 aliphatic rings. The molecule has 4 heteroatoms. The van der Waals surface area contributed by atoms with Gasteiger partial charge in [-0.15, -0.1) is 11.3 Å². The van der Waals surface area contributed by atoms with Crippen LogP contribution >= 0.6 is 11.3 Å². The lowest BCUT2D eigenvalue weighted by molar-refractivity contribution is 0.0951. The third kappa shape index (κ3) is 3.94. The molecular weight excluding hydrogens is 220 g/mol. The maximum Gasteiger partial charge on any atom is 0.261 e. The van der Waals surface area contributed by atoms with E-state index in [1.54, 1.807) is 0 Å². The Balaban J connectivity index is 2.23. The zero-order chi connectivity index (χ0) is 12.0. The monoisotopic (exact) mass is 240 g/mol. The van der Waals surface area contributed by atoms with Gasteiger partial charge < -0.3 is 10.2 Å². The summed E-state index contributed by atoms with van der Waals surface area (Å²) in [5.74, 6) is 0.0348. The molecule has 90 valence electrons. The number of nitrogens with zero attached hydrogens (tertiary/aromatic N) is 1. The maximum atomic E-state index is 11.6. The van der Waals surface area contributed by atoms with Crippen molar-refractivity contribution in [1.82, 2.24) is 10.2 Å². The Morgan fingerprint density at radius 3 is 2.94 bits per heavy atom. The van der Waals surface area contributed by atoms with Crippen LogP contribution in [0.25, 0.3) is 0 Å². The normalized spacial score (nSPS) is 12.8. The Kier molecular flexibility index (Phi) is 5.49. The van der Waals surface area contributed by atoms with Gasteiger partial charge in [0, 0.05) is 19.1 Å². The van der Waals surface area contributed by atoms with Crippen LogP contribution in [0.4, 0.5) is 0 Å². The van der Waals surface area contributed by atoms with Crippen molar-refractivity contribution in [3.8, 4) is 0 Å². The second-order valence-corrected chi connectivity index (χ2v) is 4.92. The van der Waals surface area contributed by atoms with Crippen LogP contribution in [-0.2, 0) is 0 Å². The van der Waals surface area contributed by atoms with Crippen molar-refractivity contribution in [1.29, 1.82) is 0 Å². The largest absolute Gasteiger partial charge is 0.350 e. The highest BCUT2D eigenvalue weighted by Gasteiger charge is 2.08. The molecule has 16 heavy (non-hydrogen) atoms. The van der Waals surface area contributed by atoms with Crippen LogP contribution in [0.5, 0.6) is 0 Å². The summed E-state index contributed by atoms with van der Waals surface area (Å²) >= 11 is 1.48. The molecule has 0 aliphatic carbocycles. The fourth-order valence-electron chi connectivity index (χ4n) is 1.37. The Labute approximate surface area is 101 Å². The molecule has 1 atom stereocenters. The summed E-state index contributed by atoms with van der Waals surface area (Å²) in [7, 11) is 2.09. The van der Waals surface area contributed by atoms with E-state index in [0.29, 0.717) is 12.6 Å². The van der Waals surface area contributed by atoms with Gasteiger partial charge >= 0.3 is 0 Å². The SMILES string of the molecule is CC[C@H](C)N(C)CCNC(=O)c1cccs1. The average Bonchev–Trinajstić information content (AvgIpc) is 2.81. The number of hydrogen-bond donors (Lipinski definition) is 1. The first kappa shape index (κ1) is 13.2. The van der Waals surface area contributed by atoms with Crippen molar-refractivity contribution in [2.75, 3.05) is 20.1 Å². The summed E-state index contributed by atoms with van der Waals surface area (Å²) in [6.07, 6.45) is 1.13. The summed E-state index contributed by atoms with van der Waals surface area (Å²) in [5.41, 5.74) is 0. The second kappa shape index (κ2) is 6.66. The maximum absolute atomic E-state index is 11.6. The molecule has 1 amide bonds. The van der Waals surface area contributed by atoms with Gasteiger partial charge in [0.2, 0.25) is 0 Å². The van der Waals surface area contributed by atoms with Crippen molar-refractivity contribution >= 4 is 17.2 Å². The molecule has 1 heterocycles. The predicted octanol–water partition coefficient (Wildman–Crippen LogP) is 2.21. The van der Waals surface area contributed by atoms with Crippen LogP contribution < -0.4 is 5.32 Å². The first-order valence-electron chi connectivity index (χ1n) is 5.67. The van der Waals surface area contributed by atoms with E-state index in [-0.39, 0.29) is 5.91 Å². The predicted molar refractivity (Wildman–Crippen MR) is 69.0 cm³/mol. The first-order valence-corrected chi connectivity index (χ1v) is 6.55. The van der Waals surface area contributed by atoms with E-state index in [2.05, 4.69) is 31.1 Å². The fourth-order valence-corrected chi connectivity index (χ4v) is 2.01. The lowest BCUT2D eigenvalue weighted by atomic mass is 10.2. The van der Waals surface area contributed by atoms with Crippen molar-refractivity contribution < 1.29 is 4.79 Å². The van der Waals surface area contributed by atoms with E-state index >= 15 is 0 Å². The van der Waals surface area contributed by atoms with E-state index < -0.39 is 0 Å². The minimum atomic E-state index is 0.0348. The molecule has 0 saturated heterocycles. The van der Waals surface area contributed by atoms with Crippen molar-refractivity contribution in [3.63, 3.8) is 0 Å². The molecule has 0 bridgehead atoms. The molecule has 0 saturated carbocycles. The van der Waals surface area contributed by atoms with Gasteiger partial charge in [0.1, 0.15) is 0 Å². The van der Waals surface area contributed by atoms with Crippen LogP contribution in [0, 0.1) is 0 Å². The highest BCUT2D eigenvalue weighted by molar-refractivity contribution is 7.12. The number of carbonyl (C=O) groups is 1. The Morgan fingerprint density at radius 1 is 1.62 bits per heavy atom. The second-order valence-electron chi connectivity index (χ2n) is 3.97. The van der Waals surface area contributed by atoms with E-state index in [4.69, 9.17) is 0 Å². The van der Waals surface area contributed by atoms with Gasteiger partial charge in [0.05, 0.1) is 4.88 Å². The minimum absolute atomic E-state index is 0.0348. The topological polar surface area (TPSA) is 32.3 Å². The van der Waals surface area contributed by atoms with Crippen LogP contribution in [0.15, 0.2) is 17.5 Å². The number of likely N-dealkylation sites (N-methyl/N-ethyl adjacent to an activating group) is 1. The number of carbonyl (C=O) groups excluding carboxylic acids is 1. The zero-order valence-electron chi connectivity index (χ0n) is 10.2. The van der Waals surface area contributed by atoms with Gasteiger partial charge in [-0.3, -0.25) is 4.79 Å². The van der Waals surface area contributed by atoms with Gasteiger partial charge in [-0.05, 0) is 31.8 Å². The fraction of sp³-hybridized carbons (Fsp3) is 0.583. The van der Waals surface area contributed by atoms with Crippen molar-refractivity contribution in [3.05, 3.63) is 22.4 Å². The summed E-state index contributed by atoms with van der Waals surface area (Å²) in [4.78, 5) is 14.6. The van der Waals surface area contributed by atoms with Crippen LogP contribution in [0.2, 0.25) is 0 Å². The molecule has 0 aromatic carbocycles. The molecule has 0 radical (unpaired) electrons. The molecular formula is C12H20N2OS. The Bertz CT molecular complexity index is 311. The third-order valence-corrected chi connectivity index (χ3v) is 3.71. The lowest BCUT2D eigenvalue weighted by Crippen LogP contribution is -2.36. The molecule has 0 aliphatic heterocycles. The van der Waals surface area contributed by atoms with Gasteiger partial charge in [-0.2, -0.15) is 0 Å². The molecule has 0 unspecified atom stereocenters. The van der Waals surface area contributed by atoms with E-state index in [0.717, 1.165) is 17.8 Å². The van der Waals surface area contributed by atoms with E-state index in [1.807, 2.05) is 17.5 Å². The van der Waals surface area contributed by atoms with Gasteiger partial charge in [0.25, 0.3) is 5.91 Å². The molecule has 3 nitrogen and oxygen atoms in total. The van der Waals surface area contributed by atoms with E-state index in [9.17, 15) is 4.79 Å². The highest BCUT2D eigenvalue weighted by atomic mass is 32.1. The zero-order valence-corrected chi connectivity index (χ0v) is 11.0. The third-order valence-electron chi connectivity index (χ3n) is 2.84. The molecule has 1 N–H and O–H groups in total. The average molecular weight is 240 g/mol. The summed E-state index contributed by atoms with van der Waals surface area (Å²) in [6, 6.07) is 4.31. The summed E-state index contributed by atoms with van der Waals surface area (Å²) < 4.78 is 0. The standard InChI is InChI=1S/C12H20N2OS/c1-4-10(2)14(3)8-7-13-12(15)11-6-5-9-16-11/h5-6,9-10H,4,7-8H2,1-3H3,(H,13,15)/t10-/m0/s1. The smallest absolute Gasteiger partial charge is 0.261 e. The molecule has 0 spiro atoms. The number of rotatable bonds is 6. The number of amides is 1. The molecule has 1 aromatic heterocycles. The minimum Gasteiger partial charge on any atom is -0.350 e. The van der Waals surface area contributed by atoms with Crippen molar-refractivity contribution in [2.45, 2.75) is 26.3 Å². The van der Waals surface area contributed by atoms with Gasteiger partial charge in [0.15, 0.2) is 0 Å². The summed E-state index contributed by atoms with van der Waals surface area (Å²) in [5, 5.41) is 4.84. The first-order chi connectivity index (χ1) is 7.65. The molecule has 0 fully saturated rings. The molecule has 1 rings (SSSR count). The van der Waals surface area contributed by atoms with Crippen LogP contribution in [-0.4, -0.2) is 37.0 Å². The van der Waals surface area contributed by atoms with E-state index in [1.165, 1.54) is 11.3 Å². The van der Waals surface area contributed by atoms with Crippen molar-refractivity contribution in [2.24, 2.45) is 0 Å². The summed E-state index contributed by atoms with van der Waals surface area (Å²) in [6.45, 7) is 5.97. The Morgan fingerprint density at radius 2 is 2.38 bits per heavy atom. The molecule has 1 aromatic rings. The Hall–Kier alpha value is -0.870. The number of hydrogen-bond acceptors (Lipinski definition) is 3. The van der Waals surface area contributed by atoms with Crippen LogP contribution in [0.1, 0.15) is 29.9 Å². The van der Waals surface area contributed by atoms with Crippen LogP contribution in [0.3, 0.4) is 0 Å².